The number of hydrogen-bond acceptors (Lipinski definition) is 4. The van der Waals surface area contributed by atoms with Crippen LogP contribution in [-0.2, 0) is 0 Å². The summed E-state index contributed by atoms with van der Waals surface area (Å²) in [6.45, 7) is 4.23. The van der Waals surface area contributed by atoms with Gasteiger partial charge in [-0.25, -0.2) is 0 Å². The molecule has 0 unspecified atom stereocenters. The molecule has 0 bridgehead atoms. The Balaban J connectivity index is 1.97. The van der Waals surface area contributed by atoms with E-state index >= 15 is 0 Å². The summed E-state index contributed by atoms with van der Waals surface area (Å²) in [5.74, 6) is 0.458. The Bertz CT molecular complexity index is 562. The lowest BCUT2D eigenvalue weighted by Crippen LogP contribution is -2.31. The number of aromatic nitrogens is 4. The van der Waals surface area contributed by atoms with Gasteiger partial charge in [-0.3, -0.25) is 15.1 Å². The molecule has 2 aromatic rings. The second-order valence-electron chi connectivity index (χ2n) is 5.33. The molecule has 1 aliphatic rings. The zero-order chi connectivity index (χ0) is 13.2. The lowest BCUT2D eigenvalue weighted by atomic mass is 9.93. The molecular weight excluding hydrogens is 238 g/mol. The zero-order valence-corrected chi connectivity index (χ0v) is 11.4. The van der Waals surface area contributed by atoms with Crippen LogP contribution < -0.4 is 0 Å². The molecule has 5 nitrogen and oxygen atoms in total. The van der Waals surface area contributed by atoms with E-state index in [4.69, 9.17) is 0 Å². The maximum atomic E-state index is 4.58. The predicted octanol–water partition coefficient (Wildman–Crippen LogP) is 1.98. The van der Waals surface area contributed by atoms with Gasteiger partial charge in [0, 0.05) is 30.6 Å². The first-order valence-corrected chi connectivity index (χ1v) is 6.76. The van der Waals surface area contributed by atoms with Crippen molar-refractivity contribution in [3.05, 3.63) is 29.8 Å². The van der Waals surface area contributed by atoms with Crippen molar-refractivity contribution in [3.63, 3.8) is 0 Å². The summed E-state index contributed by atoms with van der Waals surface area (Å²) in [6, 6.07) is 2.03. The Morgan fingerprint density at radius 1 is 1.32 bits per heavy atom. The van der Waals surface area contributed by atoms with Gasteiger partial charge in [0.25, 0.3) is 0 Å². The first-order chi connectivity index (χ1) is 9.24. The molecule has 1 aliphatic heterocycles. The Morgan fingerprint density at radius 2 is 2.16 bits per heavy atom. The van der Waals surface area contributed by atoms with Gasteiger partial charge in [-0.2, -0.15) is 5.10 Å². The lowest BCUT2D eigenvalue weighted by Gasteiger charge is -2.29. The van der Waals surface area contributed by atoms with Crippen LogP contribution in [0.1, 0.15) is 30.1 Å². The molecule has 19 heavy (non-hydrogen) atoms. The topological polar surface area (TPSA) is 57.7 Å². The van der Waals surface area contributed by atoms with Crippen LogP contribution >= 0.6 is 0 Å². The molecule has 0 aromatic carbocycles. The highest BCUT2D eigenvalue weighted by atomic mass is 15.1. The van der Waals surface area contributed by atoms with Crippen LogP contribution in [0.3, 0.4) is 0 Å². The van der Waals surface area contributed by atoms with E-state index in [1.807, 2.05) is 13.0 Å². The monoisotopic (exact) mass is 257 g/mol. The van der Waals surface area contributed by atoms with Crippen molar-refractivity contribution in [2.24, 2.45) is 0 Å². The number of aromatic amines is 1. The van der Waals surface area contributed by atoms with Crippen LogP contribution in [0.2, 0.25) is 0 Å². The number of piperidine rings is 1. The number of likely N-dealkylation sites (tertiary alicyclic amines) is 1. The van der Waals surface area contributed by atoms with Gasteiger partial charge < -0.3 is 4.90 Å². The van der Waals surface area contributed by atoms with Crippen molar-refractivity contribution in [1.29, 1.82) is 0 Å². The zero-order valence-electron chi connectivity index (χ0n) is 11.4. The molecule has 0 saturated carbocycles. The van der Waals surface area contributed by atoms with E-state index in [9.17, 15) is 0 Å². The number of hydrogen-bond donors (Lipinski definition) is 1. The molecule has 0 spiro atoms. The van der Waals surface area contributed by atoms with Gasteiger partial charge in [0.2, 0.25) is 0 Å². The minimum absolute atomic E-state index is 0.458. The molecule has 3 heterocycles. The van der Waals surface area contributed by atoms with E-state index in [1.165, 1.54) is 19.4 Å². The van der Waals surface area contributed by atoms with E-state index in [0.717, 1.165) is 29.3 Å². The van der Waals surface area contributed by atoms with Crippen LogP contribution in [0.5, 0.6) is 0 Å². The van der Waals surface area contributed by atoms with Crippen molar-refractivity contribution < 1.29 is 0 Å². The number of nitrogens with zero attached hydrogens (tertiary/aromatic N) is 4. The van der Waals surface area contributed by atoms with Crippen molar-refractivity contribution in [1.82, 2.24) is 25.1 Å². The van der Waals surface area contributed by atoms with Crippen molar-refractivity contribution >= 4 is 0 Å². The van der Waals surface area contributed by atoms with Gasteiger partial charge in [-0.1, -0.05) is 0 Å². The number of H-pyrrole nitrogens is 1. The van der Waals surface area contributed by atoms with E-state index in [2.05, 4.69) is 32.1 Å². The van der Waals surface area contributed by atoms with E-state index in [0.29, 0.717) is 5.92 Å². The average molecular weight is 257 g/mol. The Morgan fingerprint density at radius 3 is 2.89 bits per heavy atom. The third-order valence-electron chi connectivity index (χ3n) is 3.69. The van der Waals surface area contributed by atoms with Crippen LogP contribution in [0, 0.1) is 6.92 Å². The maximum Gasteiger partial charge on any atom is 0.113 e. The standard InChI is InChI=1S/C14H19N5/c1-10-8-12(18-17-10)14-13(15-5-6-16-14)11-4-3-7-19(2)9-11/h5-6,8,11H,3-4,7,9H2,1-2H3,(H,17,18)/t11-/m1/s1. The number of nitrogens with one attached hydrogen (secondary N) is 1. The third kappa shape index (κ3) is 2.51. The normalized spacial score (nSPS) is 20.6. The summed E-state index contributed by atoms with van der Waals surface area (Å²) in [7, 11) is 2.17. The maximum absolute atomic E-state index is 4.58. The van der Waals surface area contributed by atoms with Crippen LogP contribution in [0.25, 0.3) is 11.4 Å². The SMILES string of the molecule is Cc1cc(-c2nccnc2[C@@H]2CCCN(C)C2)n[nH]1. The second kappa shape index (κ2) is 5.09. The fourth-order valence-electron chi connectivity index (χ4n) is 2.77. The number of aryl methyl sites for hydroxylation is 1. The molecule has 5 heteroatoms. The molecule has 1 fully saturated rings. The molecule has 0 aliphatic carbocycles. The molecule has 1 atom stereocenters. The van der Waals surface area contributed by atoms with Gasteiger partial charge >= 0.3 is 0 Å². The molecule has 3 rings (SSSR count). The van der Waals surface area contributed by atoms with Crippen LogP contribution in [-0.4, -0.2) is 45.2 Å². The smallest absolute Gasteiger partial charge is 0.113 e. The Hall–Kier alpha value is -1.75. The number of rotatable bonds is 2. The van der Waals surface area contributed by atoms with Gasteiger partial charge in [-0.15, -0.1) is 0 Å². The van der Waals surface area contributed by atoms with Crippen molar-refractivity contribution in [2.75, 3.05) is 20.1 Å². The van der Waals surface area contributed by atoms with Crippen molar-refractivity contribution in [2.45, 2.75) is 25.7 Å². The van der Waals surface area contributed by atoms with Gasteiger partial charge in [0.15, 0.2) is 0 Å². The van der Waals surface area contributed by atoms with E-state index < -0.39 is 0 Å². The Labute approximate surface area is 113 Å². The first kappa shape index (κ1) is 12.3. The third-order valence-corrected chi connectivity index (χ3v) is 3.69. The molecule has 0 amide bonds. The second-order valence-corrected chi connectivity index (χ2v) is 5.33. The van der Waals surface area contributed by atoms with E-state index in [-0.39, 0.29) is 0 Å². The fourth-order valence-corrected chi connectivity index (χ4v) is 2.77. The highest BCUT2D eigenvalue weighted by molar-refractivity contribution is 5.57. The first-order valence-electron chi connectivity index (χ1n) is 6.76. The summed E-state index contributed by atoms with van der Waals surface area (Å²) in [5.41, 5.74) is 3.95. The minimum Gasteiger partial charge on any atom is -0.306 e. The summed E-state index contributed by atoms with van der Waals surface area (Å²) in [4.78, 5) is 11.4. The predicted molar refractivity (Wildman–Crippen MR) is 73.8 cm³/mol. The molecule has 0 radical (unpaired) electrons. The summed E-state index contributed by atoms with van der Waals surface area (Å²) in [5, 5.41) is 7.30. The van der Waals surface area contributed by atoms with Crippen LogP contribution in [0.15, 0.2) is 18.5 Å². The molecular formula is C14H19N5. The van der Waals surface area contributed by atoms with Gasteiger partial charge in [0.05, 0.1) is 5.69 Å². The highest BCUT2D eigenvalue weighted by Crippen LogP contribution is 2.30. The van der Waals surface area contributed by atoms with Crippen LogP contribution in [0.4, 0.5) is 0 Å². The summed E-state index contributed by atoms with van der Waals surface area (Å²) in [6.07, 6.45) is 5.93. The lowest BCUT2D eigenvalue weighted by molar-refractivity contribution is 0.248. The van der Waals surface area contributed by atoms with Gasteiger partial charge in [-0.05, 0) is 39.4 Å². The molecule has 2 aromatic heterocycles. The molecule has 1 N–H and O–H groups in total. The average Bonchev–Trinajstić information content (AvgIpc) is 2.85. The summed E-state index contributed by atoms with van der Waals surface area (Å²) < 4.78 is 0. The minimum atomic E-state index is 0.458. The molecule has 100 valence electrons. The fraction of sp³-hybridized carbons (Fsp3) is 0.500. The Kier molecular flexibility index (Phi) is 3.29. The number of likely N-dealkylation sites (N-methyl/N-ethyl adjacent to an activating group) is 1. The quantitative estimate of drug-likeness (QED) is 0.893. The molecule has 1 saturated heterocycles. The van der Waals surface area contributed by atoms with Gasteiger partial charge in [0.1, 0.15) is 11.4 Å². The largest absolute Gasteiger partial charge is 0.306 e. The van der Waals surface area contributed by atoms with Crippen molar-refractivity contribution in [3.8, 4) is 11.4 Å². The highest BCUT2D eigenvalue weighted by Gasteiger charge is 2.24. The summed E-state index contributed by atoms with van der Waals surface area (Å²) >= 11 is 0. The van der Waals surface area contributed by atoms with E-state index in [1.54, 1.807) is 12.4 Å².